The summed E-state index contributed by atoms with van der Waals surface area (Å²) in [6.45, 7) is 1.20. The molecule has 0 fully saturated rings. The molecule has 37 heavy (non-hydrogen) atoms. The molecule has 0 aliphatic rings. The van der Waals surface area contributed by atoms with Crippen LogP contribution in [0.15, 0.2) is 72.8 Å². The zero-order valence-electron chi connectivity index (χ0n) is 20.8. The smallest absolute Gasteiger partial charge is 0.244 e. The van der Waals surface area contributed by atoms with Gasteiger partial charge in [0.15, 0.2) is 0 Å². The highest BCUT2D eigenvalue weighted by atomic mass is 35.5. The fourth-order valence-corrected chi connectivity index (χ4v) is 4.87. The zero-order chi connectivity index (χ0) is 27.2. The Morgan fingerprint density at radius 3 is 2.22 bits per heavy atom. The minimum atomic E-state index is -3.89. The van der Waals surface area contributed by atoms with Crippen LogP contribution in [-0.2, 0) is 32.6 Å². The first kappa shape index (κ1) is 28.1. The first-order chi connectivity index (χ1) is 17.5. The van der Waals surface area contributed by atoms with Crippen molar-refractivity contribution >= 4 is 39.1 Å². The van der Waals surface area contributed by atoms with Crippen LogP contribution in [0.4, 0.5) is 10.1 Å². The summed E-state index contributed by atoms with van der Waals surface area (Å²) < 4.78 is 39.9. The highest BCUT2D eigenvalue weighted by molar-refractivity contribution is 7.92. The molecule has 3 aromatic rings. The first-order valence-electron chi connectivity index (χ1n) is 11.5. The zero-order valence-corrected chi connectivity index (χ0v) is 22.4. The third-order valence-electron chi connectivity index (χ3n) is 5.91. The second kappa shape index (κ2) is 12.2. The van der Waals surface area contributed by atoms with E-state index in [0.717, 1.165) is 21.7 Å². The van der Waals surface area contributed by atoms with Gasteiger partial charge in [-0.25, -0.2) is 12.8 Å². The molecule has 7 nitrogen and oxygen atoms in total. The number of benzene rings is 3. The molecule has 1 N–H and O–H groups in total. The summed E-state index contributed by atoms with van der Waals surface area (Å²) in [6.07, 6.45) is 1.20. The van der Waals surface area contributed by atoms with E-state index < -0.39 is 40.2 Å². The summed E-state index contributed by atoms with van der Waals surface area (Å²) in [5.74, 6) is -1.45. The number of nitrogens with one attached hydrogen (secondary N) is 1. The van der Waals surface area contributed by atoms with E-state index in [0.29, 0.717) is 10.6 Å². The van der Waals surface area contributed by atoms with Gasteiger partial charge >= 0.3 is 0 Å². The van der Waals surface area contributed by atoms with Gasteiger partial charge < -0.3 is 10.2 Å². The van der Waals surface area contributed by atoms with E-state index in [-0.39, 0.29) is 18.7 Å². The number of carbonyl (C=O) groups excluding carboxylic acids is 2. The maximum atomic E-state index is 13.8. The minimum Gasteiger partial charge on any atom is -0.357 e. The van der Waals surface area contributed by atoms with Crippen molar-refractivity contribution in [2.45, 2.75) is 25.9 Å². The quantitative estimate of drug-likeness (QED) is 0.418. The van der Waals surface area contributed by atoms with Gasteiger partial charge in [-0.3, -0.25) is 13.9 Å². The van der Waals surface area contributed by atoms with Gasteiger partial charge in [-0.15, -0.1) is 0 Å². The molecule has 0 aromatic heterocycles. The van der Waals surface area contributed by atoms with Gasteiger partial charge in [0, 0.05) is 25.0 Å². The molecule has 0 aliphatic carbocycles. The molecule has 0 unspecified atom stereocenters. The van der Waals surface area contributed by atoms with Crippen LogP contribution in [0, 0.1) is 12.7 Å². The largest absolute Gasteiger partial charge is 0.357 e. The lowest BCUT2D eigenvalue weighted by Crippen LogP contribution is -2.52. The number of aryl methyl sites for hydroxylation is 1. The molecular formula is C27H29ClFN3O4S. The minimum absolute atomic E-state index is 0.0315. The summed E-state index contributed by atoms with van der Waals surface area (Å²) in [4.78, 5) is 28.1. The Hall–Kier alpha value is -3.43. The van der Waals surface area contributed by atoms with E-state index in [1.165, 1.54) is 42.3 Å². The third kappa shape index (κ3) is 7.53. The molecule has 0 spiro atoms. The number of hydrogen-bond donors (Lipinski definition) is 1. The van der Waals surface area contributed by atoms with Crippen molar-refractivity contribution in [2.24, 2.45) is 0 Å². The van der Waals surface area contributed by atoms with Crippen LogP contribution in [-0.4, -0.2) is 51.0 Å². The lowest BCUT2D eigenvalue weighted by atomic mass is 10.0. The standard InChI is InChI=1S/C27H29ClFN3O4S/c1-19-9-14-23(16-24(19)28)32(37(3,35)36)18-26(33)31(17-21-10-12-22(29)13-11-21)25(27(34)30-2)15-20-7-5-4-6-8-20/h4-14,16,25H,15,17-18H2,1-3H3,(H,30,34)/t25-/m0/s1. The summed E-state index contributed by atoms with van der Waals surface area (Å²) in [6, 6.07) is 18.5. The van der Waals surface area contributed by atoms with Crippen LogP contribution in [0.3, 0.4) is 0 Å². The first-order valence-corrected chi connectivity index (χ1v) is 13.8. The molecule has 0 saturated carbocycles. The van der Waals surface area contributed by atoms with Gasteiger partial charge in [-0.05, 0) is 47.9 Å². The lowest BCUT2D eigenvalue weighted by Gasteiger charge is -2.33. The van der Waals surface area contributed by atoms with Gasteiger partial charge in [-0.1, -0.05) is 60.1 Å². The maximum absolute atomic E-state index is 13.8. The number of rotatable bonds is 10. The van der Waals surface area contributed by atoms with Crippen LogP contribution < -0.4 is 9.62 Å². The summed E-state index contributed by atoms with van der Waals surface area (Å²) >= 11 is 6.23. The third-order valence-corrected chi connectivity index (χ3v) is 7.45. The van der Waals surface area contributed by atoms with Crippen molar-refractivity contribution in [1.82, 2.24) is 10.2 Å². The predicted octanol–water partition coefficient (Wildman–Crippen LogP) is 3.94. The molecule has 10 heteroatoms. The molecule has 196 valence electrons. The SMILES string of the molecule is CNC(=O)[C@H](Cc1ccccc1)N(Cc1ccc(F)cc1)C(=O)CN(c1ccc(C)c(Cl)c1)S(C)(=O)=O. The highest BCUT2D eigenvalue weighted by Gasteiger charge is 2.32. The van der Waals surface area contributed by atoms with Crippen molar-refractivity contribution in [2.75, 3.05) is 24.2 Å². The Morgan fingerprint density at radius 2 is 1.65 bits per heavy atom. The second-order valence-electron chi connectivity index (χ2n) is 8.67. The van der Waals surface area contributed by atoms with Gasteiger partial charge in [0.05, 0.1) is 11.9 Å². The molecular weight excluding hydrogens is 517 g/mol. The summed E-state index contributed by atoms with van der Waals surface area (Å²) in [5, 5.41) is 2.96. The number of likely N-dealkylation sites (N-methyl/N-ethyl adjacent to an activating group) is 1. The average molecular weight is 546 g/mol. The van der Waals surface area contributed by atoms with Crippen molar-refractivity contribution in [3.63, 3.8) is 0 Å². The van der Waals surface area contributed by atoms with Gasteiger partial charge in [0.2, 0.25) is 21.8 Å². The number of nitrogens with zero attached hydrogens (tertiary/aromatic N) is 2. The van der Waals surface area contributed by atoms with Crippen molar-refractivity contribution < 1.29 is 22.4 Å². The number of carbonyl (C=O) groups is 2. The van der Waals surface area contributed by atoms with E-state index in [1.807, 2.05) is 30.3 Å². The van der Waals surface area contributed by atoms with Crippen LogP contribution in [0.2, 0.25) is 5.02 Å². The Balaban J connectivity index is 2.03. The van der Waals surface area contributed by atoms with Gasteiger partial charge in [-0.2, -0.15) is 0 Å². The number of hydrogen-bond acceptors (Lipinski definition) is 4. The fourth-order valence-electron chi connectivity index (χ4n) is 3.86. The van der Waals surface area contributed by atoms with E-state index in [9.17, 15) is 22.4 Å². The summed E-state index contributed by atoms with van der Waals surface area (Å²) in [5.41, 5.74) is 2.39. The highest BCUT2D eigenvalue weighted by Crippen LogP contribution is 2.25. The maximum Gasteiger partial charge on any atom is 0.244 e. The molecule has 0 saturated heterocycles. The Kier molecular flexibility index (Phi) is 9.29. The normalized spacial score (nSPS) is 12.0. The predicted molar refractivity (Wildman–Crippen MR) is 143 cm³/mol. The van der Waals surface area contributed by atoms with E-state index in [1.54, 1.807) is 19.1 Å². The number of amides is 2. The Bertz CT molecular complexity index is 1350. The molecule has 2 amide bonds. The van der Waals surface area contributed by atoms with Crippen LogP contribution in [0.5, 0.6) is 0 Å². The van der Waals surface area contributed by atoms with E-state index in [2.05, 4.69) is 5.32 Å². The topological polar surface area (TPSA) is 86.8 Å². The number of sulfonamides is 1. The summed E-state index contributed by atoms with van der Waals surface area (Å²) in [7, 11) is -2.42. The average Bonchev–Trinajstić information content (AvgIpc) is 2.87. The Labute approximate surface area is 221 Å². The Morgan fingerprint density at radius 1 is 1.00 bits per heavy atom. The monoisotopic (exact) mass is 545 g/mol. The van der Waals surface area contributed by atoms with E-state index >= 15 is 0 Å². The molecule has 3 aromatic carbocycles. The molecule has 3 rings (SSSR count). The van der Waals surface area contributed by atoms with Gasteiger partial charge in [0.1, 0.15) is 18.4 Å². The molecule has 0 aliphatic heterocycles. The van der Waals surface area contributed by atoms with E-state index in [4.69, 9.17) is 11.6 Å². The molecule has 0 heterocycles. The van der Waals surface area contributed by atoms with Crippen molar-refractivity contribution in [3.05, 3.63) is 100 Å². The molecule has 0 radical (unpaired) electrons. The van der Waals surface area contributed by atoms with Crippen LogP contribution in [0.1, 0.15) is 16.7 Å². The van der Waals surface area contributed by atoms with Crippen LogP contribution in [0.25, 0.3) is 0 Å². The fraction of sp³-hybridized carbons (Fsp3) is 0.259. The van der Waals surface area contributed by atoms with Crippen LogP contribution >= 0.6 is 11.6 Å². The lowest BCUT2D eigenvalue weighted by molar-refractivity contribution is -0.139. The molecule has 1 atom stereocenters. The number of anilines is 1. The second-order valence-corrected chi connectivity index (χ2v) is 11.0. The van der Waals surface area contributed by atoms with Crippen molar-refractivity contribution in [3.8, 4) is 0 Å². The van der Waals surface area contributed by atoms with Crippen molar-refractivity contribution in [1.29, 1.82) is 0 Å². The molecule has 0 bridgehead atoms. The van der Waals surface area contributed by atoms with Gasteiger partial charge in [0.25, 0.3) is 0 Å². The number of halogens is 2.